The Labute approximate surface area is 126 Å². The second-order valence-corrected chi connectivity index (χ2v) is 5.44. The van der Waals surface area contributed by atoms with Crippen LogP contribution in [0.25, 0.3) is 0 Å². The van der Waals surface area contributed by atoms with E-state index in [1.807, 2.05) is 57.2 Å². The van der Waals surface area contributed by atoms with Gasteiger partial charge in [-0.1, -0.05) is 23.8 Å². The van der Waals surface area contributed by atoms with Crippen LogP contribution in [0, 0.1) is 20.8 Å². The highest BCUT2D eigenvalue weighted by molar-refractivity contribution is 5.94. The highest BCUT2D eigenvalue weighted by Crippen LogP contribution is 2.18. The van der Waals surface area contributed by atoms with Gasteiger partial charge in [-0.25, -0.2) is 0 Å². The molecule has 0 aromatic heterocycles. The summed E-state index contributed by atoms with van der Waals surface area (Å²) in [7, 11) is 0. The fourth-order valence-electron chi connectivity index (χ4n) is 2.14. The molecule has 110 valence electrons. The lowest BCUT2D eigenvalue weighted by Crippen LogP contribution is -2.30. The van der Waals surface area contributed by atoms with Gasteiger partial charge in [0.25, 0.3) is 5.91 Å². The van der Waals surface area contributed by atoms with Gasteiger partial charge in [-0.3, -0.25) is 4.79 Å². The van der Waals surface area contributed by atoms with Crippen LogP contribution in [0.2, 0.25) is 0 Å². The van der Waals surface area contributed by atoms with E-state index >= 15 is 0 Å². The summed E-state index contributed by atoms with van der Waals surface area (Å²) in [6.07, 6.45) is -0.549. The molecule has 1 amide bonds. The molecular formula is C18H21NO2. The van der Waals surface area contributed by atoms with E-state index in [9.17, 15) is 4.79 Å². The Morgan fingerprint density at radius 2 is 1.52 bits per heavy atom. The number of aryl methyl sites for hydroxylation is 3. The summed E-state index contributed by atoms with van der Waals surface area (Å²) < 4.78 is 5.72. The van der Waals surface area contributed by atoms with Gasteiger partial charge in [0.2, 0.25) is 0 Å². The van der Waals surface area contributed by atoms with E-state index in [1.165, 1.54) is 0 Å². The topological polar surface area (TPSA) is 38.3 Å². The first-order valence-electron chi connectivity index (χ1n) is 7.06. The summed E-state index contributed by atoms with van der Waals surface area (Å²) in [5, 5.41) is 2.85. The third-order valence-corrected chi connectivity index (χ3v) is 3.20. The number of hydrogen-bond acceptors (Lipinski definition) is 2. The minimum atomic E-state index is -0.549. The van der Waals surface area contributed by atoms with Gasteiger partial charge in [0.1, 0.15) is 5.75 Å². The van der Waals surface area contributed by atoms with Crippen molar-refractivity contribution in [3.8, 4) is 5.75 Å². The monoisotopic (exact) mass is 283 g/mol. The van der Waals surface area contributed by atoms with Crippen LogP contribution in [-0.2, 0) is 4.79 Å². The second-order valence-electron chi connectivity index (χ2n) is 5.44. The van der Waals surface area contributed by atoms with E-state index in [1.54, 1.807) is 6.92 Å². The first-order chi connectivity index (χ1) is 9.94. The maximum absolute atomic E-state index is 12.1. The van der Waals surface area contributed by atoms with Crippen molar-refractivity contribution in [3.63, 3.8) is 0 Å². The first-order valence-corrected chi connectivity index (χ1v) is 7.06. The van der Waals surface area contributed by atoms with Gasteiger partial charge in [0.15, 0.2) is 6.10 Å². The maximum atomic E-state index is 12.1. The number of benzene rings is 2. The molecule has 2 aromatic carbocycles. The molecule has 3 nitrogen and oxygen atoms in total. The van der Waals surface area contributed by atoms with Gasteiger partial charge in [-0.2, -0.15) is 0 Å². The van der Waals surface area contributed by atoms with Gasteiger partial charge < -0.3 is 10.1 Å². The number of carbonyl (C=O) groups is 1. The minimum Gasteiger partial charge on any atom is -0.481 e. The van der Waals surface area contributed by atoms with Crippen LogP contribution in [-0.4, -0.2) is 12.0 Å². The van der Waals surface area contributed by atoms with Crippen molar-refractivity contribution in [2.75, 3.05) is 5.32 Å². The zero-order chi connectivity index (χ0) is 15.4. The molecular weight excluding hydrogens is 262 g/mol. The van der Waals surface area contributed by atoms with E-state index in [4.69, 9.17) is 4.74 Å². The molecule has 1 N–H and O–H groups in total. The van der Waals surface area contributed by atoms with Crippen LogP contribution in [0.4, 0.5) is 5.69 Å². The Kier molecular flexibility index (Phi) is 4.63. The largest absolute Gasteiger partial charge is 0.481 e. The number of carbonyl (C=O) groups excluding carboxylic acids is 1. The van der Waals surface area contributed by atoms with Crippen molar-refractivity contribution >= 4 is 11.6 Å². The number of ether oxygens (including phenoxy) is 1. The van der Waals surface area contributed by atoms with Crippen molar-refractivity contribution in [3.05, 3.63) is 59.2 Å². The fraction of sp³-hybridized carbons (Fsp3) is 0.278. The molecule has 0 fully saturated rings. The molecule has 0 heterocycles. The van der Waals surface area contributed by atoms with Crippen LogP contribution in [0.1, 0.15) is 23.6 Å². The number of amides is 1. The van der Waals surface area contributed by atoms with Gasteiger partial charge in [0, 0.05) is 5.69 Å². The highest BCUT2D eigenvalue weighted by Gasteiger charge is 2.15. The molecule has 0 spiro atoms. The van der Waals surface area contributed by atoms with Gasteiger partial charge in [0.05, 0.1) is 0 Å². The van der Waals surface area contributed by atoms with E-state index in [0.717, 1.165) is 28.1 Å². The third-order valence-electron chi connectivity index (χ3n) is 3.20. The Balaban J connectivity index is 2.00. The van der Waals surface area contributed by atoms with Crippen molar-refractivity contribution in [2.45, 2.75) is 33.8 Å². The smallest absolute Gasteiger partial charge is 0.265 e. The Morgan fingerprint density at radius 1 is 0.952 bits per heavy atom. The van der Waals surface area contributed by atoms with Crippen molar-refractivity contribution < 1.29 is 9.53 Å². The number of nitrogens with one attached hydrogen (secondary N) is 1. The molecule has 2 rings (SSSR count). The zero-order valence-electron chi connectivity index (χ0n) is 12.9. The third kappa shape index (κ3) is 4.35. The van der Waals surface area contributed by atoms with Crippen molar-refractivity contribution in [1.29, 1.82) is 0 Å². The number of hydrogen-bond donors (Lipinski definition) is 1. The summed E-state index contributed by atoms with van der Waals surface area (Å²) >= 11 is 0. The molecule has 0 aliphatic rings. The van der Waals surface area contributed by atoms with Gasteiger partial charge in [-0.15, -0.1) is 0 Å². The van der Waals surface area contributed by atoms with Gasteiger partial charge in [-0.05, 0) is 63.1 Å². The molecule has 0 radical (unpaired) electrons. The summed E-state index contributed by atoms with van der Waals surface area (Å²) in [4.78, 5) is 12.1. The first kappa shape index (κ1) is 15.1. The van der Waals surface area contributed by atoms with E-state index in [2.05, 4.69) is 11.4 Å². The molecule has 0 saturated carbocycles. The Bertz CT molecular complexity index is 612. The Morgan fingerprint density at radius 3 is 2.10 bits per heavy atom. The lowest BCUT2D eigenvalue weighted by molar-refractivity contribution is -0.122. The number of rotatable bonds is 4. The highest BCUT2D eigenvalue weighted by atomic mass is 16.5. The second kappa shape index (κ2) is 6.44. The molecule has 1 atom stereocenters. The predicted molar refractivity (Wildman–Crippen MR) is 85.8 cm³/mol. The molecule has 0 saturated heterocycles. The molecule has 0 aliphatic heterocycles. The minimum absolute atomic E-state index is 0.155. The summed E-state index contributed by atoms with van der Waals surface area (Å²) in [5.74, 6) is 0.567. The van der Waals surface area contributed by atoms with E-state index in [0.29, 0.717) is 0 Å². The maximum Gasteiger partial charge on any atom is 0.265 e. The average molecular weight is 283 g/mol. The molecule has 1 unspecified atom stereocenters. The van der Waals surface area contributed by atoms with E-state index in [-0.39, 0.29) is 5.91 Å². The lowest BCUT2D eigenvalue weighted by Gasteiger charge is -2.15. The Hall–Kier alpha value is -2.29. The quantitative estimate of drug-likeness (QED) is 0.920. The molecule has 0 bridgehead atoms. The standard InChI is InChI=1S/C18H21NO2/c1-12-5-7-16(8-6-12)19-18(20)15(4)21-17-10-13(2)9-14(3)11-17/h5-11,15H,1-4H3,(H,19,20). The average Bonchev–Trinajstić information content (AvgIpc) is 2.40. The number of anilines is 1. The van der Waals surface area contributed by atoms with Crippen LogP contribution in [0.3, 0.4) is 0 Å². The summed E-state index contributed by atoms with van der Waals surface area (Å²) in [6, 6.07) is 13.6. The zero-order valence-corrected chi connectivity index (χ0v) is 12.9. The lowest BCUT2D eigenvalue weighted by atomic mass is 10.1. The molecule has 2 aromatic rings. The van der Waals surface area contributed by atoms with Crippen molar-refractivity contribution in [1.82, 2.24) is 0 Å². The predicted octanol–water partition coefficient (Wildman–Crippen LogP) is 4.02. The van der Waals surface area contributed by atoms with Crippen molar-refractivity contribution in [2.24, 2.45) is 0 Å². The summed E-state index contributed by atoms with van der Waals surface area (Å²) in [6.45, 7) is 7.78. The van der Waals surface area contributed by atoms with Crippen LogP contribution >= 0.6 is 0 Å². The molecule has 3 heteroatoms. The fourth-order valence-corrected chi connectivity index (χ4v) is 2.14. The normalized spacial score (nSPS) is 11.8. The van der Waals surface area contributed by atoms with Crippen LogP contribution in [0.15, 0.2) is 42.5 Å². The van der Waals surface area contributed by atoms with Crippen LogP contribution in [0.5, 0.6) is 5.75 Å². The summed E-state index contributed by atoms with van der Waals surface area (Å²) in [5.41, 5.74) is 4.18. The molecule has 21 heavy (non-hydrogen) atoms. The van der Waals surface area contributed by atoms with E-state index < -0.39 is 6.10 Å². The molecule has 0 aliphatic carbocycles. The van der Waals surface area contributed by atoms with Gasteiger partial charge >= 0.3 is 0 Å². The SMILES string of the molecule is Cc1ccc(NC(=O)C(C)Oc2cc(C)cc(C)c2)cc1. The van der Waals surface area contributed by atoms with Crippen LogP contribution < -0.4 is 10.1 Å².